The van der Waals surface area contributed by atoms with Gasteiger partial charge in [0.05, 0.1) is 168 Å². The SMILES string of the molecule is CC(C)(C)OC(=O)CCOCCOCCOCCOCCOCCOCCOCCOCCOCCOCCN=C=Nc1cccc(C#N)c1. The molecule has 1 aromatic rings. The van der Waals surface area contributed by atoms with Gasteiger partial charge in [0, 0.05) is 0 Å². The first-order valence-corrected chi connectivity index (χ1v) is 17.0. The van der Waals surface area contributed by atoms with Crippen molar-refractivity contribution in [1.82, 2.24) is 0 Å². The Bertz CT molecular complexity index is 1060. The van der Waals surface area contributed by atoms with Crippen molar-refractivity contribution in [3.8, 4) is 6.07 Å². The smallest absolute Gasteiger partial charge is 0.308 e. The number of esters is 1. The van der Waals surface area contributed by atoms with Crippen molar-refractivity contribution in [3.63, 3.8) is 0 Å². The van der Waals surface area contributed by atoms with Crippen molar-refractivity contribution < 1.29 is 56.9 Å². The second-order valence-corrected chi connectivity index (χ2v) is 11.2. The van der Waals surface area contributed by atoms with E-state index < -0.39 is 5.60 Å². The first-order valence-electron chi connectivity index (χ1n) is 17.0. The molecule has 15 heteroatoms. The molecule has 0 spiro atoms. The lowest BCUT2D eigenvalue weighted by atomic mass is 10.2. The summed E-state index contributed by atoms with van der Waals surface area (Å²) in [5, 5.41) is 8.88. The fraction of sp³-hybridized carbons (Fsp3) is 0.743. The van der Waals surface area contributed by atoms with Gasteiger partial charge in [0.1, 0.15) is 5.60 Å². The second kappa shape index (κ2) is 33.3. The molecule has 0 radical (unpaired) electrons. The van der Waals surface area contributed by atoms with Crippen LogP contribution >= 0.6 is 0 Å². The average Bonchev–Trinajstić information content (AvgIpc) is 3.09. The van der Waals surface area contributed by atoms with E-state index in [4.69, 9.17) is 57.4 Å². The van der Waals surface area contributed by atoms with Crippen molar-refractivity contribution >= 4 is 17.7 Å². The summed E-state index contributed by atoms with van der Waals surface area (Å²) >= 11 is 0. The molecule has 0 atom stereocenters. The molecule has 15 nitrogen and oxygen atoms in total. The Kier molecular flexibility index (Phi) is 30.1. The van der Waals surface area contributed by atoms with Crippen LogP contribution in [-0.2, 0) is 56.9 Å². The van der Waals surface area contributed by atoms with Crippen molar-refractivity contribution in [2.24, 2.45) is 9.98 Å². The number of nitrogens with zero attached hydrogens (tertiary/aromatic N) is 3. The summed E-state index contributed by atoms with van der Waals surface area (Å²) in [4.78, 5) is 19.7. The zero-order chi connectivity index (χ0) is 36.2. The van der Waals surface area contributed by atoms with Gasteiger partial charge >= 0.3 is 5.97 Å². The summed E-state index contributed by atoms with van der Waals surface area (Å²) in [6, 6.07) is 11.6. The van der Waals surface area contributed by atoms with Crippen LogP contribution in [0.2, 0.25) is 0 Å². The number of hydrogen-bond acceptors (Lipinski definition) is 15. The third-order valence-corrected chi connectivity index (χ3v) is 5.79. The number of ether oxygens (including phenoxy) is 11. The molecule has 0 unspecified atom stereocenters. The Hall–Kier alpha value is -2.84. The summed E-state index contributed by atoms with van der Waals surface area (Å²) in [5.41, 5.74) is 0.702. The molecule has 0 saturated carbocycles. The number of nitriles is 1. The fourth-order valence-corrected chi connectivity index (χ4v) is 3.53. The quantitative estimate of drug-likeness (QED) is 0.0581. The van der Waals surface area contributed by atoms with Crippen LogP contribution in [0.3, 0.4) is 0 Å². The fourth-order valence-electron chi connectivity index (χ4n) is 3.53. The van der Waals surface area contributed by atoms with Crippen LogP contribution in [0.25, 0.3) is 0 Å². The molecule has 0 aromatic heterocycles. The van der Waals surface area contributed by atoms with Crippen molar-refractivity contribution in [1.29, 1.82) is 5.26 Å². The predicted molar refractivity (Wildman–Crippen MR) is 184 cm³/mol. The van der Waals surface area contributed by atoms with E-state index in [2.05, 4.69) is 22.1 Å². The molecule has 0 heterocycles. The number of rotatable bonds is 34. The zero-order valence-corrected chi connectivity index (χ0v) is 30.1. The van der Waals surface area contributed by atoms with Gasteiger partial charge in [-0.25, -0.2) is 4.99 Å². The van der Waals surface area contributed by atoms with Crippen LogP contribution in [0.4, 0.5) is 5.69 Å². The van der Waals surface area contributed by atoms with Gasteiger partial charge in [-0.1, -0.05) is 6.07 Å². The molecule has 50 heavy (non-hydrogen) atoms. The molecule has 0 amide bonds. The Morgan fingerprint density at radius 2 is 0.980 bits per heavy atom. The molecule has 0 N–H and O–H groups in total. The van der Waals surface area contributed by atoms with Crippen LogP contribution in [-0.4, -0.2) is 156 Å². The minimum atomic E-state index is -0.478. The first kappa shape index (κ1) is 45.2. The topological polar surface area (TPSA) is 167 Å². The van der Waals surface area contributed by atoms with Gasteiger partial charge in [-0.2, -0.15) is 10.3 Å². The Balaban J connectivity index is 1.68. The van der Waals surface area contributed by atoms with E-state index >= 15 is 0 Å². The van der Waals surface area contributed by atoms with E-state index in [1.54, 1.807) is 24.3 Å². The lowest BCUT2D eigenvalue weighted by Crippen LogP contribution is -2.24. The molecule has 0 fully saturated rings. The highest BCUT2D eigenvalue weighted by Gasteiger charge is 2.15. The molecule has 1 rings (SSSR count). The minimum absolute atomic E-state index is 0.228. The minimum Gasteiger partial charge on any atom is -0.460 e. The molecule has 284 valence electrons. The van der Waals surface area contributed by atoms with Gasteiger partial charge in [0.2, 0.25) is 0 Å². The number of carbonyl (C=O) groups excluding carboxylic acids is 1. The maximum absolute atomic E-state index is 11.6. The molecule has 0 aliphatic carbocycles. The normalized spacial score (nSPS) is 11.2. The van der Waals surface area contributed by atoms with Crippen molar-refractivity contribution in [2.45, 2.75) is 32.8 Å². The van der Waals surface area contributed by atoms with E-state index in [1.165, 1.54) is 0 Å². The molecule has 0 aliphatic rings. The third kappa shape index (κ3) is 32.4. The highest BCUT2D eigenvalue weighted by atomic mass is 16.6. The number of hydrogen-bond donors (Lipinski definition) is 0. The van der Waals surface area contributed by atoms with Crippen LogP contribution in [0.15, 0.2) is 34.3 Å². The van der Waals surface area contributed by atoms with Gasteiger partial charge in [-0.05, 0) is 39.0 Å². The summed E-state index contributed by atoms with van der Waals surface area (Å²) in [5.74, 6) is -0.269. The summed E-state index contributed by atoms with van der Waals surface area (Å²) in [6.07, 6.45) is 0.228. The summed E-state index contributed by atoms with van der Waals surface area (Å²) in [7, 11) is 0. The summed E-state index contributed by atoms with van der Waals surface area (Å²) < 4.78 is 59.7. The van der Waals surface area contributed by atoms with E-state index in [9.17, 15) is 4.79 Å². The number of carbonyl (C=O) groups is 1. The van der Waals surface area contributed by atoms with Gasteiger partial charge < -0.3 is 52.1 Å². The van der Waals surface area contributed by atoms with E-state index in [-0.39, 0.29) is 12.4 Å². The monoisotopic (exact) mass is 711 g/mol. The van der Waals surface area contributed by atoms with Gasteiger partial charge in [-0.15, -0.1) is 0 Å². The van der Waals surface area contributed by atoms with E-state index in [0.717, 1.165) is 0 Å². The zero-order valence-electron chi connectivity index (χ0n) is 30.1. The van der Waals surface area contributed by atoms with Crippen molar-refractivity contribution in [3.05, 3.63) is 29.8 Å². The molecular formula is C35H57N3O12. The van der Waals surface area contributed by atoms with Crippen LogP contribution < -0.4 is 0 Å². The maximum Gasteiger partial charge on any atom is 0.308 e. The Morgan fingerprint density at radius 1 is 0.600 bits per heavy atom. The maximum atomic E-state index is 11.6. The number of aliphatic imine (C=N–C) groups is 2. The van der Waals surface area contributed by atoms with Crippen LogP contribution in [0.5, 0.6) is 0 Å². The summed E-state index contributed by atoms with van der Waals surface area (Å²) in [6.45, 7) is 15.2. The van der Waals surface area contributed by atoms with Crippen LogP contribution in [0.1, 0.15) is 32.8 Å². The molecule has 0 bridgehead atoms. The molecular weight excluding hydrogens is 654 g/mol. The lowest BCUT2D eigenvalue weighted by molar-refractivity contribution is -0.156. The molecule has 1 aromatic carbocycles. The Labute approximate surface area is 297 Å². The van der Waals surface area contributed by atoms with Crippen molar-refractivity contribution in [2.75, 3.05) is 139 Å². The third-order valence-electron chi connectivity index (χ3n) is 5.79. The average molecular weight is 712 g/mol. The Morgan fingerprint density at radius 3 is 1.36 bits per heavy atom. The van der Waals surface area contributed by atoms with E-state index in [0.29, 0.717) is 150 Å². The van der Waals surface area contributed by atoms with Crippen LogP contribution in [0, 0.1) is 11.3 Å². The molecule has 0 saturated heterocycles. The highest BCUT2D eigenvalue weighted by Crippen LogP contribution is 2.12. The van der Waals surface area contributed by atoms with Gasteiger partial charge in [-0.3, -0.25) is 4.79 Å². The highest BCUT2D eigenvalue weighted by molar-refractivity contribution is 5.69. The van der Waals surface area contributed by atoms with Gasteiger partial charge in [0.25, 0.3) is 0 Å². The first-order chi connectivity index (χ1) is 24.4. The second-order valence-electron chi connectivity index (χ2n) is 11.2. The standard InChI is InChI=1S/C35H57N3O12/c1-35(2,3)50-34(39)7-9-40-11-13-42-15-17-44-19-21-46-23-25-48-27-28-49-26-24-47-22-20-45-18-16-43-14-12-41-10-8-37-31-38-33-6-4-5-32(29-33)30-36/h4-6,29H,7-28H2,1-3H3. The largest absolute Gasteiger partial charge is 0.460 e. The predicted octanol–water partition coefficient (Wildman–Crippen LogP) is 3.26. The molecule has 0 aliphatic heterocycles. The number of benzene rings is 1. The van der Waals surface area contributed by atoms with Gasteiger partial charge in [0.15, 0.2) is 0 Å². The lowest BCUT2D eigenvalue weighted by Gasteiger charge is -2.19. The van der Waals surface area contributed by atoms with E-state index in [1.807, 2.05) is 20.8 Å².